The Bertz CT molecular complexity index is 912. The second-order valence-corrected chi connectivity index (χ2v) is 6.66. The van der Waals surface area contributed by atoms with Crippen molar-refractivity contribution in [3.8, 4) is 0 Å². The highest BCUT2D eigenvalue weighted by Crippen LogP contribution is 2.43. The molecule has 0 aliphatic rings. The normalized spacial score (nSPS) is 11.5. The van der Waals surface area contributed by atoms with E-state index in [-0.39, 0.29) is 6.61 Å². The van der Waals surface area contributed by atoms with Gasteiger partial charge in [-0.3, -0.25) is 0 Å². The van der Waals surface area contributed by atoms with Gasteiger partial charge in [0.1, 0.15) is 11.2 Å². The van der Waals surface area contributed by atoms with Crippen molar-refractivity contribution in [2.24, 2.45) is 0 Å². The summed E-state index contributed by atoms with van der Waals surface area (Å²) in [4.78, 5) is 8.29. The molecule has 0 radical (unpaired) electrons. The van der Waals surface area contributed by atoms with Gasteiger partial charge in [0, 0.05) is 5.69 Å². The maximum absolute atomic E-state index is 9.73. The number of aliphatic hydroxyl groups excluding tert-OH is 1. The molecule has 0 saturated carbocycles. The molecule has 0 saturated heterocycles. The molecule has 3 heteroatoms. The molecular weight excluding hydrogens is 332 g/mol. The summed E-state index contributed by atoms with van der Waals surface area (Å²) >= 11 is 0. The molecule has 4 aromatic rings. The number of nitrogens with zero attached hydrogens (tertiary/aromatic N) is 1. The SMILES string of the molecule is Cc1[nH]c(C(c2ccccc2)(c2ccccc2)c2ccccc2)nc1CO. The third-order valence-corrected chi connectivity index (χ3v) is 5.11. The van der Waals surface area contributed by atoms with E-state index in [1.807, 2.05) is 25.1 Å². The molecule has 0 amide bonds. The molecule has 0 aliphatic heterocycles. The van der Waals surface area contributed by atoms with Crippen LogP contribution in [0.5, 0.6) is 0 Å². The Morgan fingerprint density at radius 2 is 1.15 bits per heavy atom. The zero-order chi connectivity index (χ0) is 18.7. The van der Waals surface area contributed by atoms with Crippen LogP contribution < -0.4 is 0 Å². The van der Waals surface area contributed by atoms with E-state index in [0.717, 1.165) is 28.2 Å². The van der Waals surface area contributed by atoms with Crippen molar-refractivity contribution >= 4 is 0 Å². The molecular formula is C24H22N2O. The minimum atomic E-state index is -0.595. The Balaban J connectivity index is 2.12. The van der Waals surface area contributed by atoms with Crippen LogP contribution in [-0.2, 0) is 12.0 Å². The number of aromatic amines is 1. The van der Waals surface area contributed by atoms with Gasteiger partial charge >= 0.3 is 0 Å². The molecule has 1 heterocycles. The van der Waals surface area contributed by atoms with Gasteiger partial charge in [-0.2, -0.15) is 0 Å². The zero-order valence-corrected chi connectivity index (χ0v) is 15.3. The number of nitrogens with one attached hydrogen (secondary N) is 1. The summed E-state index contributed by atoms with van der Waals surface area (Å²) in [7, 11) is 0. The standard InChI is InChI=1S/C24H22N2O/c1-18-22(17-27)26-23(25-18)24(19-11-5-2-6-12-19,20-13-7-3-8-14-20)21-15-9-4-10-16-21/h2-16,27H,17H2,1H3,(H,25,26). The summed E-state index contributed by atoms with van der Waals surface area (Å²) in [5, 5.41) is 9.73. The average Bonchev–Trinajstić information content (AvgIpc) is 3.12. The number of benzene rings is 3. The lowest BCUT2D eigenvalue weighted by atomic mass is 9.69. The Hall–Kier alpha value is -3.17. The number of aromatic nitrogens is 2. The highest BCUT2D eigenvalue weighted by Gasteiger charge is 2.41. The van der Waals surface area contributed by atoms with Crippen LogP contribution in [0.4, 0.5) is 0 Å². The van der Waals surface area contributed by atoms with Crippen molar-refractivity contribution < 1.29 is 5.11 Å². The largest absolute Gasteiger partial charge is 0.390 e. The third kappa shape index (κ3) is 2.86. The van der Waals surface area contributed by atoms with Crippen LogP contribution in [0.1, 0.15) is 33.9 Å². The van der Waals surface area contributed by atoms with E-state index in [1.165, 1.54) is 0 Å². The molecule has 0 atom stereocenters. The third-order valence-electron chi connectivity index (χ3n) is 5.11. The second-order valence-electron chi connectivity index (χ2n) is 6.66. The first-order chi connectivity index (χ1) is 13.3. The van der Waals surface area contributed by atoms with Crippen molar-refractivity contribution in [2.75, 3.05) is 0 Å². The fraction of sp³-hybridized carbons (Fsp3) is 0.125. The van der Waals surface area contributed by atoms with Gasteiger partial charge in [0.15, 0.2) is 0 Å². The lowest BCUT2D eigenvalue weighted by Crippen LogP contribution is -2.32. The lowest BCUT2D eigenvalue weighted by Gasteiger charge is -2.34. The van der Waals surface area contributed by atoms with E-state index in [9.17, 15) is 5.11 Å². The van der Waals surface area contributed by atoms with Crippen LogP contribution in [0.3, 0.4) is 0 Å². The summed E-state index contributed by atoms with van der Waals surface area (Å²) in [6, 6.07) is 31.2. The Labute approximate surface area is 159 Å². The topological polar surface area (TPSA) is 48.9 Å². The second kappa shape index (κ2) is 7.22. The van der Waals surface area contributed by atoms with Gasteiger partial charge in [-0.15, -0.1) is 0 Å². The monoisotopic (exact) mass is 354 g/mol. The average molecular weight is 354 g/mol. The number of H-pyrrole nitrogens is 1. The molecule has 0 aliphatic carbocycles. The summed E-state index contributed by atoms with van der Waals surface area (Å²) in [5.41, 5.74) is 4.35. The van der Waals surface area contributed by atoms with Crippen molar-refractivity contribution in [1.29, 1.82) is 0 Å². The van der Waals surface area contributed by atoms with E-state index < -0.39 is 5.41 Å². The first-order valence-corrected chi connectivity index (χ1v) is 9.10. The van der Waals surface area contributed by atoms with Gasteiger partial charge in [0.25, 0.3) is 0 Å². The Morgan fingerprint density at radius 3 is 1.48 bits per heavy atom. The maximum atomic E-state index is 9.73. The van der Waals surface area contributed by atoms with Crippen molar-refractivity contribution in [3.63, 3.8) is 0 Å². The molecule has 2 N–H and O–H groups in total. The van der Waals surface area contributed by atoms with Gasteiger partial charge < -0.3 is 10.1 Å². The molecule has 0 spiro atoms. The number of imidazole rings is 1. The first-order valence-electron chi connectivity index (χ1n) is 9.10. The molecule has 134 valence electrons. The first kappa shape index (κ1) is 17.3. The van der Waals surface area contributed by atoms with E-state index in [1.54, 1.807) is 0 Å². The van der Waals surface area contributed by atoms with Crippen LogP contribution >= 0.6 is 0 Å². The zero-order valence-electron chi connectivity index (χ0n) is 15.3. The fourth-order valence-electron chi connectivity index (χ4n) is 3.80. The minimum Gasteiger partial charge on any atom is -0.390 e. The maximum Gasteiger partial charge on any atom is 0.126 e. The van der Waals surface area contributed by atoms with Gasteiger partial charge in [-0.1, -0.05) is 91.0 Å². The highest BCUT2D eigenvalue weighted by molar-refractivity contribution is 5.56. The van der Waals surface area contributed by atoms with Crippen molar-refractivity contribution in [1.82, 2.24) is 9.97 Å². The molecule has 3 aromatic carbocycles. The molecule has 0 bridgehead atoms. The van der Waals surface area contributed by atoms with Crippen LogP contribution in [0.25, 0.3) is 0 Å². The predicted molar refractivity (Wildman–Crippen MR) is 108 cm³/mol. The molecule has 3 nitrogen and oxygen atoms in total. The van der Waals surface area contributed by atoms with E-state index in [2.05, 4.69) is 77.8 Å². The predicted octanol–water partition coefficient (Wildman–Crippen LogP) is 4.59. The molecule has 4 rings (SSSR count). The minimum absolute atomic E-state index is 0.0865. The number of hydrogen-bond acceptors (Lipinski definition) is 2. The molecule has 0 fully saturated rings. The molecule has 1 aromatic heterocycles. The number of rotatable bonds is 5. The lowest BCUT2D eigenvalue weighted by molar-refractivity contribution is 0.276. The van der Waals surface area contributed by atoms with Gasteiger partial charge in [0.05, 0.1) is 12.3 Å². The van der Waals surface area contributed by atoms with Crippen LogP contribution in [-0.4, -0.2) is 15.1 Å². The Morgan fingerprint density at radius 1 is 0.741 bits per heavy atom. The highest BCUT2D eigenvalue weighted by atomic mass is 16.3. The summed E-state index contributed by atoms with van der Waals surface area (Å²) in [6.07, 6.45) is 0. The van der Waals surface area contributed by atoms with E-state index in [0.29, 0.717) is 5.69 Å². The number of hydrogen-bond donors (Lipinski definition) is 2. The van der Waals surface area contributed by atoms with E-state index in [4.69, 9.17) is 4.98 Å². The molecule has 27 heavy (non-hydrogen) atoms. The number of aliphatic hydroxyl groups is 1. The summed E-state index contributed by atoms with van der Waals surface area (Å²) < 4.78 is 0. The van der Waals surface area contributed by atoms with Crippen molar-refractivity contribution in [2.45, 2.75) is 18.9 Å². The van der Waals surface area contributed by atoms with Crippen LogP contribution in [0, 0.1) is 6.92 Å². The van der Waals surface area contributed by atoms with Gasteiger partial charge in [-0.05, 0) is 23.6 Å². The van der Waals surface area contributed by atoms with Crippen LogP contribution in [0.2, 0.25) is 0 Å². The summed E-state index contributed by atoms with van der Waals surface area (Å²) in [5.74, 6) is 0.813. The molecule has 0 unspecified atom stereocenters. The Kier molecular flexibility index (Phi) is 4.61. The quantitative estimate of drug-likeness (QED) is 0.515. The smallest absolute Gasteiger partial charge is 0.126 e. The van der Waals surface area contributed by atoms with Crippen LogP contribution in [0.15, 0.2) is 91.0 Å². The van der Waals surface area contributed by atoms with Gasteiger partial charge in [0.2, 0.25) is 0 Å². The number of aryl methyl sites for hydroxylation is 1. The van der Waals surface area contributed by atoms with E-state index >= 15 is 0 Å². The van der Waals surface area contributed by atoms with Gasteiger partial charge in [-0.25, -0.2) is 4.98 Å². The summed E-state index contributed by atoms with van der Waals surface area (Å²) in [6.45, 7) is 1.87. The van der Waals surface area contributed by atoms with Crippen molar-refractivity contribution in [3.05, 3.63) is 125 Å². The fourth-order valence-corrected chi connectivity index (χ4v) is 3.80.